The molecule has 6 heteroatoms. The van der Waals surface area contributed by atoms with E-state index in [9.17, 15) is 0 Å². The first kappa shape index (κ1) is 18.1. The van der Waals surface area contributed by atoms with Crippen LogP contribution in [0.2, 0.25) is 0 Å². The van der Waals surface area contributed by atoms with E-state index < -0.39 is 0 Å². The predicted octanol–water partition coefficient (Wildman–Crippen LogP) is 4.40. The molecule has 0 aliphatic carbocycles. The lowest BCUT2D eigenvalue weighted by molar-refractivity contribution is 0.418. The van der Waals surface area contributed by atoms with Crippen LogP contribution in [0.15, 0.2) is 42.6 Å². The highest BCUT2D eigenvalue weighted by Crippen LogP contribution is 2.34. The average molecular weight is 390 g/mol. The quantitative estimate of drug-likeness (QED) is 0.563. The van der Waals surface area contributed by atoms with Crippen molar-refractivity contribution in [3.8, 4) is 16.9 Å². The lowest BCUT2D eigenvalue weighted by Gasteiger charge is -2.22. The highest BCUT2D eigenvalue weighted by Gasteiger charge is 2.18. The minimum absolute atomic E-state index is 0.293. The molecule has 1 N–H and O–H groups in total. The van der Waals surface area contributed by atoms with E-state index in [-0.39, 0.29) is 5.82 Å². The lowest BCUT2D eigenvalue weighted by atomic mass is 9.93. The van der Waals surface area contributed by atoms with E-state index in [1.165, 1.54) is 0 Å². The summed E-state index contributed by atoms with van der Waals surface area (Å²) in [5.41, 5.74) is 3.93. The number of aromatic nitrogens is 3. The topological polar surface area (TPSA) is 52.0 Å². The smallest absolute Gasteiger partial charge is 0.150 e. The number of halogens is 1. The van der Waals surface area contributed by atoms with Crippen LogP contribution in [0.5, 0.6) is 5.75 Å². The fraction of sp³-hybridized carbons (Fsp3) is 0.304. The minimum atomic E-state index is -0.293. The monoisotopic (exact) mass is 390 g/mol. The maximum absolute atomic E-state index is 15.1. The zero-order valence-electron chi connectivity index (χ0n) is 16.6. The lowest BCUT2D eigenvalue weighted by Crippen LogP contribution is -2.27. The Labute approximate surface area is 168 Å². The van der Waals surface area contributed by atoms with Crippen molar-refractivity contribution in [3.63, 3.8) is 0 Å². The Kier molecular flexibility index (Phi) is 4.43. The molecule has 1 aliphatic rings. The van der Waals surface area contributed by atoms with E-state index in [0.717, 1.165) is 59.0 Å². The molecule has 0 bridgehead atoms. The second-order valence-corrected chi connectivity index (χ2v) is 7.71. The standard InChI is InChI=1S/C23H23FN4O/c1-28-13-18-10-17(12-21(29-2)23(18)27-28)16-9-15-3-4-20(14-5-7-25-8-6-14)26-22(15)19(24)11-16/h3-4,9-14,25H,5-8H2,1-2H3. The third-order valence-corrected chi connectivity index (χ3v) is 5.77. The summed E-state index contributed by atoms with van der Waals surface area (Å²) in [5, 5.41) is 9.58. The molecule has 5 rings (SSSR count). The van der Waals surface area contributed by atoms with Gasteiger partial charge < -0.3 is 10.1 Å². The average Bonchev–Trinajstić information content (AvgIpc) is 3.13. The summed E-state index contributed by atoms with van der Waals surface area (Å²) in [7, 11) is 3.50. The SMILES string of the molecule is COc1cc(-c2cc(F)c3nc(C4CCNCC4)ccc3c2)cc2cn(C)nc12. The molecule has 1 saturated heterocycles. The van der Waals surface area contributed by atoms with Crippen molar-refractivity contribution in [1.29, 1.82) is 0 Å². The molecule has 0 spiro atoms. The fourth-order valence-corrected chi connectivity index (χ4v) is 4.26. The second-order valence-electron chi connectivity index (χ2n) is 7.71. The van der Waals surface area contributed by atoms with Crippen LogP contribution in [-0.4, -0.2) is 35.0 Å². The van der Waals surface area contributed by atoms with E-state index in [0.29, 0.717) is 17.2 Å². The van der Waals surface area contributed by atoms with Gasteiger partial charge in [0.25, 0.3) is 0 Å². The Morgan fingerprint density at radius 2 is 1.79 bits per heavy atom. The van der Waals surface area contributed by atoms with Crippen LogP contribution in [0.25, 0.3) is 32.9 Å². The van der Waals surface area contributed by atoms with Crippen molar-refractivity contribution in [2.24, 2.45) is 7.05 Å². The molecule has 0 saturated carbocycles. The van der Waals surface area contributed by atoms with Gasteiger partial charge in [-0.1, -0.05) is 6.07 Å². The van der Waals surface area contributed by atoms with Gasteiger partial charge in [-0.05, 0) is 67.4 Å². The largest absolute Gasteiger partial charge is 0.494 e. The van der Waals surface area contributed by atoms with Crippen LogP contribution in [-0.2, 0) is 7.05 Å². The zero-order chi connectivity index (χ0) is 20.0. The van der Waals surface area contributed by atoms with Crippen molar-refractivity contribution in [2.75, 3.05) is 20.2 Å². The van der Waals surface area contributed by atoms with E-state index >= 15 is 4.39 Å². The Hall–Kier alpha value is -2.99. The maximum Gasteiger partial charge on any atom is 0.150 e. The second kappa shape index (κ2) is 7.12. The molecule has 0 radical (unpaired) electrons. The molecule has 148 valence electrons. The number of ether oxygens (including phenoxy) is 1. The van der Waals surface area contributed by atoms with Gasteiger partial charge in [-0.3, -0.25) is 4.68 Å². The number of aryl methyl sites for hydroxylation is 1. The van der Waals surface area contributed by atoms with E-state index in [2.05, 4.69) is 15.4 Å². The predicted molar refractivity (Wildman–Crippen MR) is 113 cm³/mol. The highest BCUT2D eigenvalue weighted by atomic mass is 19.1. The number of fused-ring (bicyclic) bond motifs is 2. The molecule has 29 heavy (non-hydrogen) atoms. The first-order valence-electron chi connectivity index (χ1n) is 9.95. The van der Waals surface area contributed by atoms with Crippen molar-refractivity contribution in [2.45, 2.75) is 18.8 Å². The zero-order valence-corrected chi connectivity index (χ0v) is 16.6. The Bertz CT molecular complexity index is 1210. The van der Waals surface area contributed by atoms with E-state index in [4.69, 9.17) is 4.74 Å². The molecule has 5 nitrogen and oxygen atoms in total. The van der Waals surface area contributed by atoms with Gasteiger partial charge in [0.1, 0.15) is 22.6 Å². The number of rotatable bonds is 3. The van der Waals surface area contributed by atoms with Crippen LogP contribution in [0.3, 0.4) is 0 Å². The van der Waals surface area contributed by atoms with E-state index in [1.54, 1.807) is 17.9 Å². The number of hydrogen-bond donors (Lipinski definition) is 1. The van der Waals surface area contributed by atoms with Crippen LogP contribution in [0.4, 0.5) is 4.39 Å². The summed E-state index contributed by atoms with van der Waals surface area (Å²) in [6, 6.07) is 11.5. The first-order chi connectivity index (χ1) is 14.1. The van der Waals surface area contributed by atoms with Gasteiger partial charge in [-0.15, -0.1) is 0 Å². The molecule has 1 fully saturated rings. The van der Waals surface area contributed by atoms with Crippen molar-refractivity contribution >= 4 is 21.8 Å². The summed E-state index contributed by atoms with van der Waals surface area (Å²) in [4.78, 5) is 4.68. The van der Waals surface area contributed by atoms with Crippen LogP contribution >= 0.6 is 0 Å². The molecular weight excluding hydrogens is 367 g/mol. The third-order valence-electron chi connectivity index (χ3n) is 5.77. The van der Waals surface area contributed by atoms with Crippen molar-refractivity contribution in [1.82, 2.24) is 20.1 Å². The highest BCUT2D eigenvalue weighted by molar-refractivity contribution is 5.92. The minimum Gasteiger partial charge on any atom is -0.494 e. The Balaban J connectivity index is 1.60. The number of pyridine rings is 1. The molecule has 2 aromatic carbocycles. The molecular formula is C23H23FN4O. The van der Waals surface area contributed by atoms with Gasteiger partial charge in [-0.25, -0.2) is 9.37 Å². The van der Waals surface area contributed by atoms with Gasteiger partial charge in [0.05, 0.1) is 7.11 Å². The number of nitrogens with zero attached hydrogens (tertiary/aromatic N) is 3. The van der Waals surface area contributed by atoms with Gasteiger partial charge in [0, 0.05) is 35.6 Å². The summed E-state index contributed by atoms with van der Waals surface area (Å²) >= 11 is 0. The summed E-state index contributed by atoms with van der Waals surface area (Å²) in [6.45, 7) is 1.98. The van der Waals surface area contributed by atoms with Gasteiger partial charge in [-0.2, -0.15) is 5.10 Å². The van der Waals surface area contributed by atoms with Gasteiger partial charge >= 0.3 is 0 Å². The molecule has 1 aliphatic heterocycles. The molecule has 2 aromatic heterocycles. The normalized spacial score (nSPS) is 15.3. The summed E-state index contributed by atoms with van der Waals surface area (Å²) in [6.07, 6.45) is 4.03. The maximum atomic E-state index is 15.1. The van der Waals surface area contributed by atoms with Crippen molar-refractivity contribution in [3.05, 3.63) is 54.1 Å². The van der Waals surface area contributed by atoms with Crippen molar-refractivity contribution < 1.29 is 9.13 Å². The molecule has 0 unspecified atom stereocenters. The van der Waals surface area contributed by atoms with Gasteiger partial charge in [0.2, 0.25) is 0 Å². The fourth-order valence-electron chi connectivity index (χ4n) is 4.26. The Morgan fingerprint density at radius 1 is 1.03 bits per heavy atom. The number of hydrogen-bond acceptors (Lipinski definition) is 4. The van der Waals surface area contributed by atoms with Crippen LogP contribution < -0.4 is 10.1 Å². The summed E-state index contributed by atoms with van der Waals surface area (Å²) < 4.78 is 22.3. The number of methoxy groups -OCH3 is 1. The van der Waals surface area contributed by atoms with Gasteiger partial charge in [0.15, 0.2) is 0 Å². The molecule has 0 atom stereocenters. The molecule has 0 amide bonds. The third kappa shape index (κ3) is 3.23. The first-order valence-corrected chi connectivity index (χ1v) is 9.95. The number of nitrogens with one attached hydrogen (secondary N) is 1. The molecule has 3 heterocycles. The van der Waals surface area contributed by atoms with E-state index in [1.807, 2.05) is 43.6 Å². The number of piperidine rings is 1. The summed E-state index contributed by atoms with van der Waals surface area (Å²) in [5.74, 6) is 0.786. The number of benzene rings is 2. The van der Waals surface area contributed by atoms with Crippen LogP contribution in [0.1, 0.15) is 24.5 Å². The van der Waals surface area contributed by atoms with Crippen LogP contribution in [0, 0.1) is 5.82 Å². The Morgan fingerprint density at radius 3 is 2.59 bits per heavy atom. The molecule has 4 aromatic rings.